The fourth-order valence-corrected chi connectivity index (χ4v) is 4.34. The van der Waals surface area contributed by atoms with Crippen molar-refractivity contribution >= 4 is 11.9 Å². The molecule has 0 saturated carbocycles. The van der Waals surface area contributed by atoms with E-state index in [-0.39, 0.29) is 0 Å². The van der Waals surface area contributed by atoms with E-state index in [0.29, 0.717) is 22.6 Å². The van der Waals surface area contributed by atoms with Gasteiger partial charge in [-0.15, -0.1) is 0 Å². The number of hydrogen-bond acceptors (Lipinski definition) is 4. The van der Waals surface area contributed by atoms with E-state index in [9.17, 15) is 9.59 Å². The monoisotopic (exact) mass is 610 g/mol. The summed E-state index contributed by atoms with van der Waals surface area (Å²) >= 11 is 0. The topological polar surface area (TPSA) is 52.6 Å². The van der Waals surface area contributed by atoms with E-state index in [1.165, 1.54) is 75.6 Å². The van der Waals surface area contributed by atoms with Crippen LogP contribution in [0.4, 0.5) is 0 Å². The Morgan fingerprint density at radius 2 is 0.848 bits per heavy atom. The molecule has 0 radical (unpaired) electrons. The van der Waals surface area contributed by atoms with E-state index in [4.69, 9.17) is 9.47 Å². The Balaban J connectivity index is 1.43. The van der Waals surface area contributed by atoms with Crippen LogP contribution in [-0.4, -0.2) is 11.9 Å². The molecular formula is C42H42O4. The fourth-order valence-electron chi connectivity index (χ4n) is 4.34. The van der Waals surface area contributed by atoms with E-state index in [2.05, 4.69) is 61.2 Å². The number of carbonyl (C=O) groups excluding carboxylic acids is 2. The van der Waals surface area contributed by atoms with Gasteiger partial charge in [-0.1, -0.05) is 88.9 Å². The van der Waals surface area contributed by atoms with Gasteiger partial charge in [0, 0.05) is 24.0 Å². The molecule has 0 fully saturated rings. The zero-order valence-electron chi connectivity index (χ0n) is 27.0. The van der Waals surface area contributed by atoms with E-state index in [1.54, 1.807) is 48.5 Å². The van der Waals surface area contributed by atoms with Gasteiger partial charge in [-0.05, 0) is 109 Å². The molecule has 0 spiro atoms. The van der Waals surface area contributed by atoms with Crippen LogP contribution in [0.5, 0.6) is 11.5 Å². The van der Waals surface area contributed by atoms with Crippen molar-refractivity contribution in [1.29, 1.82) is 0 Å². The molecule has 0 unspecified atom stereocenters. The quantitative estimate of drug-likeness (QED) is 0.0789. The lowest BCUT2D eigenvalue weighted by atomic mass is 10.1. The van der Waals surface area contributed by atoms with Crippen molar-refractivity contribution in [3.8, 4) is 58.9 Å². The van der Waals surface area contributed by atoms with Crippen molar-refractivity contribution in [3.63, 3.8) is 0 Å². The highest BCUT2D eigenvalue weighted by Gasteiger charge is 2.12. The van der Waals surface area contributed by atoms with Crippen LogP contribution in [0.3, 0.4) is 0 Å². The van der Waals surface area contributed by atoms with Gasteiger partial charge in [-0.2, -0.15) is 0 Å². The molecule has 0 amide bonds. The van der Waals surface area contributed by atoms with Crippen LogP contribution in [0.1, 0.15) is 123 Å². The smallest absolute Gasteiger partial charge is 0.343 e. The van der Waals surface area contributed by atoms with Gasteiger partial charge in [-0.3, -0.25) is 0 Å². The third kappa shape index (κ3) is 14.1. The molecule has 3 aromatic carbocycles. The molecule has 0 aliphatic heterocycles. The number of esters is 2. The molecule has 0 aliphatic carbocycles. The van der Waals surface area contributed by atoms with Crippen molar-refractivity contribution in [1.82, 2.24) is 0 Å². The summed E-state index contributed by atoms with van der Waals surface area (Å²) in [6.07, 6.45) is 14.0. The van der Waals surface area contributed by atoms with Gasteiger partial charge in [0.15, 0.2) is 0 Å². The van der Waals surface area contributed by atoms with Gasteiger partial charge in [0.2, 0.25) is 0 Å². The predicted octanol–water partition coefficient (Wildman–Crippen LogP) is 9.56. The lowest BCUT2D eigenvalue weighted by Gasteiger charge is -2.06. The first kappa shape index (κ1) is 35.3. The largest absolute Gasteiger partial charge is 0.423 e. The molecule has 0 bridgehead atoms. The first-order chi connectivity index (χ1) is 22.6. The van der Waals surface area contributed by atoms with Crippen molar-refractivity contribution < 1.29 is 19.1 Å². The Kier molecular flexibility index (Phi) is 16.5. The molecule has 234 valence electrons. The highest BCUT2D eigenvalue weighted by Crippen LogP contribution is 2.17. The van der Waals surface area contributed by atoms with Gasteiger partial charge in [0.25, 0.3) is 0 Å². The van der Waals surface area contributed by atoms with Gasteiger partial charge in [0.05, 0.1) is 11.1 Å². The molecule has 4 heteroatoms. The molecule has 0 aliphatic rings. The van der Waals surface area contributed by atoms with Crippen molar-refractivity contribution in [2.24, 2.45) is 0 Å². The summed E-state index contributed by atoms with van der Waals surface area (Å²) in [5.41, 5.74) is 2.20. The normalized spacial score (nSPS) is 9.61. The van der Waals surface area contributed by atoms with Crippen LogP contribution in [0, 0.1) is 47.4 Å². The highest BCUT2D eigenvalue weighted by molar-refractivity contribution is 5.94. The van der Waals surface area contributed by atoms with Crippen molar-refractivity contribution in [2.45, 2.75) is 90.9 Å². The lowest BCUT2D eigenvalue weighted by Crippen LogP contribution is -2.11. The Morgan fingerprint density at radius 1 is 0.478 bits per heavy atom. The van der Waals surface area contributed by atoms with Gasteiger partial charge in [-0.25, -0.2) is 9.59 Å². The third-order valence-electron chi connectivity index (χ3n) is 7.01. The van der Waals surface area contributed by atoms with E-state index >= 15 is 0 Å². The molecule has 0 aromatic heterocycles. The van der Waals surface area contributed by atoms with Gasteiger partial charge in [0.1, 0.15) is 11.5 Å². The second kappa shape index (κ2) is 21.5. The summed E-state index contributed by atoms with van der Waals surface area (Å²) in [5.74, 6) is 23.5. The minimum Gasteiger partial charge on any atom is -0.423 e. The third-order valence-corrected chi connectivity index (χ3v) is 7.01. The zero-order valence-corrected chi connectivity index (χ0v) is 27.0. The lowest BCUT2D eigenvalue weighted by molar-refractivity contribution is 0.0720. The highest BCUT2D eigenvalue weighted by atomic mass is 16.5. The standard InChI is InChI=1S/C42H42O4/c1-3-5-7-9-11-13-15-17-19-21-35-23-31-39(32-24-35)45-41(43)37-27-29-38(30-28-37)42(44)46-40-33-25-36(26-34-40)22-20-18-16-14-12-10-8-6-4-2/h23-34H,3-14H2,1-2H3. The SMILES string of the molecule is CCCCCCCC#CC#Cc1ccc(OC(=O)c2ccc(C(=O)Oc3ccc(C#CC#CCCCCCCC)cc3)cc2)cc1. The summed E-state index contributed by atoms with van der Waals surface area (Å²) in [6, 6.07) is 20.0. The van der Waals surface area contributed by atoms with Crippen molar-refractivity contribution in [2.75, 3.05) is 0 Å². The van der Waals surface area contributed by atoms with E-state index < -0.39 is 11.9 Å². The average molecular weight is 611 g/mol. The maximum Gasteiger partial charge on any atom is 0.343 e. The van der Waals surface area contributed by atoms with Crippen LogP contribution >= 0.6 is 0 Å². The number of benzene rings is 3. The second-order valence-corrected chi connectivity index (χ2v) is 10.8. The first-order valence-electron chi connectivity index (χ1n) is 16.3. The number of hydrogen-bond donors (Lipinski definition) is 0. The summed E-state index contributed by atoms with van der Waals surface area (Å²) in [6.45, 7) is 4.42. The Hall–Kier alpha value is -5.16. The number of carbonyl (C=O) groups is 2. The number of rotatable bonds is 14. The number of ether oxygens (including phenoxy) is 2. The van der Waals surface area contributed by atoms with E-state index in [1.807, 2.05) is 0 Å². The van der Waals surface area contributed by atoms with Crippen molar-refractivity contribution in [3.05, 3.63) is 95.1 Å². The summed E-state index contributed by atoms with van der Waals surface area (Å²) in [7, 11) is 0. The fraction of sp³-hybridized carbons (Fsp3) is 0.333. The molecule has 0 heterocycles. The average Bonchev–Trinajstić information content (AvgIpc) is 3.08. The Bertz CT molecular complexity index is 1510. The van der Waals surface area contributed by atoms with Crippen LogP contribution in [-0.2, 0) is 0 Å². The Morgan fingerprint density at radius 3 is 1.22 bits per heavy atom. The molecule has 3 rings (SSSR count). The maximum atomic E-state index is 12.6. The molecule has 3 aromatic rings. The van der Waals surface area contributed by atoms with E-state index in [0.717, 1.165) is 36.8 Å². The van der Waals surface area contributed by atoms with Crippen LogP contribution < -0.4 is 9.47 Å². The minimum atomic E-state index is -0.531. The molecule has 0 N–H and O–H groups in total. The van der Waals surface area contributed by atoms with Crippen LogP contribution in [0.25, 0.3) is 0 Å². The van der Waals surface area contributed by atoms with Crippen LogP contribution in [0.2, 0.25) is 0 Å². The predicted molar refractivity (Wildman–Crippen MR) is 185 cm³/mol. The number of unbranched alkanes of at least 4 members (excludes halogenated alkanes) is 10. The van der Waals surface area contributed by atoms with Gasteiger partial charge >= 0.3 is 11.9 Å². The summed E-state index contributed by atoms with van der Waals surface area (Å²) < 4.78 is 10.9. The van der Waals surface area contributed by atoms with Gasteiger partial charge < -0.3 is 9.47 Å². The molecule has 46 heavy (non-hydrogen) atoms. The summed E-state index contributed by atoms with van der Waals surface area (Å²) in [4.78, 5) is 25.3. The molecule has 0 atom stereocenters. The summed E-state index contributed by atoms with van der Waals surface area (Å²) in [5, 5.41) is 0. The maximum absolute atomic E-state index is 12.6. The first-order valence-corrected chi connectivity index (χ1v) is 16.3. The minimum absolute atomic E-state index is 0.313. The zero-order chi connectivity index (χ0) is 32.7. The second-order valence-electron chi connectivity index (χ2n) is 10.8. The Labute approximate surface area is 275 Å². The molecule has 4 nitrogen and oxygen atoms in total. The van der Waals surface area contributed by atoms with Crippen LogP contribution in [0.15, 0.2) is 72.8 Å². The molecule has 0 saturated heterocycles. The molecular weight excluding hydrogens is 568 g/mol.